The minimum atomic E-state index is 0.307. The monoisotopic (exact) mass is 273 g/mol. The molecule has 1 aromatic rings. The first-order valence-corrected chi connectivity index (χ1v) is 8.23. The quantitative estimate of drug-likeness (QED) is 0.900. The second-order valence-electron chi connectivity index (χ2n) is 8.57. The topological polar surface area (TPSA) is 29.9 Å². The summed E-state index contributed by atoms with van der Waals surface area (Å²) in [4.78, 5) is 4.56. The molecule has 5 rings (SSSR count). The highest BCUT2D eigenvalue weighted by atomic mass is 15.2. The molecule has 4 aliphatic carbocycles. The molecule has 0 saturated heterocycles. The van der Waals surface area contributed by atoms with Gasteiger partial charge in [-0.05, 0) is 62.2 Å². The highest BCUT2D eigenvalue weighted by molar-refractivity contribution is 5.34. The molecule has 1 aromatic heterocycles. The number of nitrogens with one attached hydrogen (secondary N) is 1. The highest BCUT2D eigenvalue weighted by Gasteiger charge is 2.60. The third-order valence-corrected chi connectivity index (χ3v) is 6.06. The molecule has 20 heavy (non-hydrogen) atoms. The zero-order valence-electron chi connectivity index (χ0n) is 13.1. The lowest BCUT2D eigenvalue weighted by molar-refractivity contribution is -0.0975. The maximum Gasteiger partial charge on any atom is 0.203 e. The maximum atomic E-state index is 4.56. The molecular weight excluding hydrogens is 246 g/mol. The molecule has 2 atom stereocenters. The zero-order valence-corrected chi connectivity index (χ0v) is 13.1. The fraction of sp³-hybridized carbons (Fsp3) is 0.824. The van der Waals surface area contributed by atoms with E-state index in [1.54, 1.807) is 0 Å². The van der Waals surface area contributed by atoms with Crippen LogP contribution in [-0.2, 0) is 6.54 Å². The summed E-state index contributed by atoms with van der Waals surface area (Å²) < 4.78 is 2.24. The first kappa shape index (κ1) is 12.7. The Morgan fingerprint density at radius 1 is 1.20 bits per heavy atom. The Kier molecular flexibility index (Phi) is 2.42. The molecule has 0 aromatic carbocycles. The van der Waals surface area contributed by atoms with Crippen molar-refractivity contribution in [2.75, 3.05) is 5.32 Å². The molecule has 0 amide bonds. The predicted octanol–water partition coefficient (Wildman–Crippen LogP) is 4.06. The van der Waals surface area contributed by atoms with E-state index >= 15 is 0 Å². The number of aromatic nitrogens is 2. The summed E-state index contributed by atoms with van der Waals surface area (Å²) in [6.45, 7) is 8.24. The van der Waals surface area contributed by atoms with Gasteiger partial charge in [0.15, 0.2) is 0 Å². The predicted molar refractivity (Wildman–Crippen MR) is 81.7 cm³/mol. The van der Waals surface area contributed by atoms with Gasteiger partial charge >= 0.3 is 0 Å². The highest BCUT2D eigenvalue weighted by Crippen LogP contribution is 2.66. The molecule has 1 N–H and O–H groups in total. The van der Waals surface area contributed by atoms with Gasteiger partial charge in [0.25, 0.3) is 0 Å². The Labute approximate surface area is 122 Å². The van der Waals surface area contributed by atoms with Gasteiger partial charge in [0.1, 0.15) is 0 Å². The molecule has 1 heterocycles. The Morgan fingerprint density at radius 2 is 1.90 bits per heavy atom. The fourth-order valence-corrected chi connectivity index (χ4v) is 6.51. The first-order valence-electron chi connectivity index (χ1n) is 8.23. The van der Waals surface area contributed by atoms with Crippen molar-refractivity contribution in [3.63, 3.8) is 0 Å². The number of anilines is 1. The lowest BCUT2D eigenvalue weighted by Crippen LogP contribution is -2.61. The van der Waals surface area contributed by atoms with E-state index < -0.39 is 0 Å². The molecular formula is C17H27N3. The van der Waals surface area contributed by atoms with E-state index in [0.717, 1.165) is 18.4 Å². The van der Waals surface area contributed by atoms with E-state index in [-0.39, 0.29) is 0 Å². The van der Waals surface area contributed by atoms with Crippen molar-refractivity contribution < 1.29 is 0 Å². The minimum Gasteiger partial charge on any atom is -0.350 e. The summed E-state index contributed by atoms with van der Waals surface area (Å²) in [5.74, 6) is 2.01. The van der Waals surface area contributed by atoms with Crippen LogP contribution in [0.25, 0.3) is 0 Å². The van der Waals surface area contributed by atoms with Crippen LogP contribution in [0.5, 0.6) is 0 Å². The maximum absolute atomic E-state index is 4.56. The van der Waals surface area contributed by atoms with E-state index in [2.05, 4.69) is 41.8 Å². The van der Waals surface area contributed by atoms with E-state index in [1.165, 1.54) is 38.5 Å². The van der Waals surface area contributed by atoms with Crippen LogP contribution in [0, 0.1) is 16.7 Å². The normalized spacial score (nSPS) is 45.9. The molecule has 0 spiro atoms. The molecule has 3 heteroatoms. The Hall–Kier alpha value is -0.990. The second kappa shape index (κ2) is 3.80. The summed E-state index contributed by atoms with van der Waals surface area (Å²) in [7, 11) is 0. The lowest BCUT2D eigenvalue weighted by Gasteiger charge is -2.65. The van der Waals surface area contributed by atoms with Gasteiger partial charge < -0.3 is 9.88 Å². The Balaban J connectivity index is 1.67. The molecule has 4 aliphatic rings. The Bertz CT molecular complexity index is 514. The Morgan fingerprint density at radius 3 is 2.50 bits per heavy atom. The smallest absolute Gasteiger partial charge is 0.203 e. The molecule has 2 unspecified atom stereocenters. The molecule has 110 valence electrons. The van der Waals surface area contributed by atoms with E-state index in [1.807, 2.05) is 6.20 Å². The lowest BCUT2D eigenvalue weighted by atomic mass is 9.43. The van der Waals surface area contributed by atoms with Gasteiger partial charge in [0, 0.05) is 24.5 Å². The van der Waals surface area contributed by atoms with Crippen LogP contribution in [0.3, 0.4) is 0 Å². The van der Waals surface area contributed by atoms with Gasteiger partial charge in [-0.1, -0.05) is 13.8 Å². The van der Waals surface area contributed by atoms with Gasteiger partial charge in [-0.15, -0.1) is 0 Å². The van der Waals surface area contributed by atoms with Crippen molar-refractivity contribution in [1.82, 2.24) is 9.55 Å². The largest absolute Gasteiger partial charge is 0.350 e. The standard InChI is InChI=1S/C17H27N3/c1-4-20-6-5-18-14(20)19-17-9-13-7-15(2,11-17)10-16(3,8-13)12-17/h5-6,13H,4,7-12H2,1-3H3,(H,18,19). The summed E-state index contributed by atoms with van der Waals surface area (Å²) in [6.07, 6.45) is 12.4. The van der Waals surface area contributed by atoms with Crippen LogP contribution < -0.4 is 5.32 Å². The van der Waals surface area contributed by atoms with Gasteiger partial charge in [0.05, 0.1) is 0 Å². The van der Waals surface area contributed by atoms with Crippen molar-refractivity contribution in [3.8, 4) is 0 Å². The molecule has 0 aliphatic heterocycles. The number of rotatable bonds is 3. The molecule has 4 fully saturated rings. The second-order valence-corrected chi connectivity index (χ2v) is 8.57. The molecule has 3 nitrogen and oxygen atoms in total. The third-order valence-electron chi connectivity index (χ3n) is 6.06. The average molecular weight is 273 g/mol. The summed E-state index contributed by atoms with van der Waals surface area (Å²) >= 11 is 0. The molecule has 4 saturated carbocycles. The van der Waals surface area contributed by atoms with Gasteiger partial charge in [-0.3, -0.25) is 0 Å². The van der Waals surface area contributed by atoms with E-state index in [4.69, 9.17) is 0 Å². The average Bonchev–Trinajstić information content (AvgIpc) is 2.70. The van der Waals surface area contributed by atoms with Gasteiger partial charge in [0.2, 0.25) is 5.95 Å². The van der Waals surface area contributed by atoms with Gasteiger partial charge in [-0.25, -0.2) is 4.98 Å². The third kappa shape index (κ3) is 1.82. The fourth-order valence-electron chi connectivity index (χ4n) is 6.51. The van der Waals surface area contributed by atoms with E-state index in [9.17, 15) is 0 Å². The SMILES string of the molecule is CCn1ccnc1NC12CC3CC(C)(CC(C)(C3)C1)C2. The summed E-state index contributed by atoms with van der Waals surface area (Å²) in [6, 6.07) is 0. The molecule has 4 bridgehead atoms. The number of hydrogen-bond acceptors (Lipinski definition) is 2. The van der Waals surface area contributed by atoms with Crippen molar-refractivity contribution >= 4 is 5.95 Å². The van der Waals surface area contributed by atoms with Crippen LogP contribution in [0.15, 0.2) is 12.4 Å². The number of hydrogen-bond donors (Lipinski definition) is 1. The van der Waals surface area contributed by atoms with Gasteiger partial charge in [-0.2, -0.15) is 0 Å². The van der Waals surface area contributed by atoms with Crippen LogP contribution in [0.1, 0.15) is 59.3 Å². The van der Waals surface area contributed by atoms with Crippen LogP contribution in [0.4, 0.5) is 5.95 Å². The first-order chi connectivity index (χ1) is 9.43. The zero-order chi connectivity index (χ0) is 14.0. The van der Waals surface area contributed by atoms with Crippen LogP contribution in [0.2, 0.25) is 0 Å². The molecule has 0 radical (unpaired) electrons. The minimum absolute atomic E-state index is 0.307. The summed E-state index contributed by atoms with van der Waals surface area (Å²) in [5, 5.41) is 3.89. The van der Waals surface area contributed by atoms with E-state index in [0.29, 0.717) is 16.4 Å². The van der Waals surface area contributed by atoms with Crippen molar-refractivity contribution in [3.05, 3.63) is 12.4 Å². The number of aryl methyl sites for hydroxylation is 1. The summed E-state index contributed by atoms with van der Waals surface area (Å²) in [5.41, 5.74) is 1.43. The number of imidazole rings is 1. The van der Waals surface area contributed by atoms with Crippen LogP contribution >= 0.6 is 0 Å². The van der Waals surface area contributed by atoms with Crippen molar-refractivity contribution in [2.45, 2.75) is 71.4 Å². The number of nitrogens with zero attached hydrogens (tertiary/aromatic N) is 2. The van der Waals surface area contributed by atoms with Crippen molar-refractivity contribution in [1.29, 1.82) is 0 Å². The van der Waals surface area contributed by atoms with Crippen LogP contribution in [-0.4, -0.2) is 15.1 Å². The van der Waals surface area contributed by atoms with Crippen molar-refractivity contribution in [2.24, 2.45) is 16.7 Å².